The van der Waals surface area contributed by atoms with Crippen molar-refractivity contribution in [2.75, 3.05) is 38.2 Å². The number of hydrogen-bond acceptors (Lipinski definition) is 6. The highest BCUT2D eigenvalue weighted by Gasteiger charge is 2.44. The molecule has 2 saturated carbocycles. The summed E-state index contributed by atoms with van der Waals surface area (Å²) in [5.74, 6) is 0.239. The number of anilines is 1. The molecule has 0 bridgehead atoms. The number of piperazine rings is 1. The molecule has 1 unspecified atom stereocenters. The van der Waals surface area contributed by atoms with E-state index in [9.17, 15) is 14.9 Å². The lowest BCUT2D eigenvalue weighted by Crippen LogP contribution is -2.54. The molecule has 2 amide bonds. The highest BCUT2D eigenvalue weighted by molar-refractivity contribution is 5.88. The van der Waals surface area contributed by atoms with Crippen LogP contribution < -0.4 is 20.7 Å². The van der Waals surface area contributed by atoms with Gasteiger partial charge in [-0.15, -0.1) is 0 Å². The molecular formula is C26H37N5O3. The lowest BCUT2D eigenvalue weighted by atomic mass is 9.77. The monoisotopic (exact) mass is 467 g/mol. The fourth-order valence-corrected chi connectivity index (χ4v) is 5.13. The SMILES string of the molecule is COc1cc(C(C)(C)C#N)ccc1N1CCN(C(=O)[C@@H]2CCCCC2C(=O)NC2(N)CC2)CC1. The van der Waals surface area contributed by atoms with Crippen LogP contribution in [0.25, 0.3) is 0 Å². The van der Waals surface area contributed by atoms with E-state index in [1.54, 1.807) is 7.11 Å². The van der Waals surface area contributed by atoms with Gasteiger partial charge in [-0.05, 0) is 57.2 Å². The molecule has 4 rings (SSSR count). The number of nitriles is 1. The first-order valence-electron chi connectivity index (χ1n) is 12.4. The molecule has 2 atom stereocenters. The van der Waals surface area contributed by atoms with Crippen molar-refractivity contribution in [1.29, 1.82) is 5.26 Å². The van der Waals surface area contributed by atoms with Gasteiger partial charge in [-0.25, -0.2) is 0 Å². The predicted molar refractivity (Wildman–Crippen MR) is 130 cm³/mol. The normalized spacial score (nSPS) is 24.2. The first-order chi connectivity index (χ1) is 16.2. The third kappa shape index (κ3) is 5.00. The smallest absolute Gasteiger partial charge is 0.226 e. The van der Waals surface area contributed by atoms with Gasteiger partial charge in [-0.2, -0.15) is 5.26 Å². The van der Waals surface area contributed by atoms with Crippen LogP contribution in [0.2, 0.25) is 0 Å². The molecule has 3 N–H and O–H groups in total. The highest BCUT2D eigenvalue weighted by atomic mass is 16.5. The molecule has 8 nitrogen and oxygen atoms in total. The summed E-state index contributed by atoms with van der Waals surface area (Å²) in [5.41, 5.74) is 6.83. The minimum Gasteiger partial charge on any atom is -0.495 e. The number of ether oxygens (including phenoxy) is 1. The summed E-state index contributed by atoms with van der Waals surface area (Å²) in [5, 5.41) is 12.4. The van der Waals surface area contributed by atoms with Gasteiger partial charge >= 0.3 is 0 Å². The number of carbonyl (C=O) groups excluding carboxylic acids is 2. The van der Waals surface area contributed by atoms with E-state index in [2.05, 4.69) is 16.3 Å². The van der Waals surface area contributed by atoms with Crippen molar-refractivity contribution in [3.8, 4) is 11.8 Å². The molecule has 3 aliphatic rings. The van der Waals surface area contributed by atoms with Gasteiger partial charge in [-0.1, -0.05) is 18.9 Å². The Morgan fingerprint density at radius 3 is 2.38 bits per heavy atom. The molecule has 1 aromatic carbocycles. The first kappa shape index (κ1) is 24.3. The van der Waals surface area contributed by atoms with E-state index in [-0.39, 0.29) is 23.7 Å². The zero-order valence-corrected chi connectivity index (χ0v) is 20.6. The van der Waals surface area contributed by atoms with E-state index in [1.807, 2.05) is 36.9 Å². The van der Waals surface area contributed by atoms with Crippen LogP contribution in [0.15, 0.2) is 18.2 Å². The number of hydrogen-bond donors (Lipinski definition) is 2. The van der Waals surface area contributed by atoms with E-state index < -0.39 is 11.1 Å². The molecule has 8 heteroatoms. The van der Waals surface area contributed by atoms with Gasteiger partial charge in [0, 0.05) is 38.0 Å². The van der Waals surface area contributed by atoms with Gasteiger partial charge in [0.2, 0.25) is 11.8 Å². The number of carbonyl (C=O) groups is 2. The van der Waals surface area contributed by atoms with Crippen LogP contribution in [-0.4, -0.2) is 55.7 Å². The van der Waals surface area contributed by atoms with Crippen LogP contribution in [0.4, 0.5) is 5.69 Å². The summed E-state index contributed by atoms with van der Waals surface area (Å²) >= 11 is 0. The van der Waals surface area contributed by atoms with E-state index >= 15 is 0 Å². The van der Waals surface area contributed by atoms with Gasteiger partial charge in [0.15, 0.2) is 0 Å². The van der Waals surface area contributed by atoms with Crippen LogP contribution in [0.1, 0.15) is 57.9 Å². The maximum Gasteiger partial charge on any atom is 0.226 e. The third-order valence-electron chi connectivity index (χ3n) is 7.69. The van der Waals surface area contributed by atoms with E-state index in [1.165, 1.54) is 0 Å². The Balaban J connectivity index is 1.40. The van der Waals surface area contributed by atoms with E-state index in [4.69, 9.17) is 10.5 Å². The molecule has 184 valence electrons. The highest BCUT2D eigenvalue weighted by Crippen LogP contribution is 2.37. The summed E-state index contributed by atoms with van der Waals surface area (Å²) in [6.45, 7) is 6.39. The maximum atomic E-state index is 13.4. The van der Waals surface area contributed by atoms with Crippen molar-refractivity contribution >= 4 is 17.5 Å². The first-order valence-corrected chi connectivity index (χ1v) is 12.4. The Kier molecular flexibility index (Phi) is 6.77. The van der Waals surface area contributed by atoms with Crippen LogP contribution in [0, 0.1) is 23.2 Å². The van der Waals surface area contributed by atoms with Crippen molar-refractivity contribution < 1.29 is 14.3 Å². The number of nitrogens with zero attached hydrogens (tertiary/aromatic N) is 3. The number of benzene rings is 1. The second-order valence-electron chi connectivity index (χ2n) is 10.6. The quantitative estimate of drug-likeness (QED) is 0.622. The molecule has 0 aromatic heterocycles. The summed E-state index contributed by atoms with van der Waals surface area (Å²) in [6, 6.07) is 8.26. The van der Waals surface area contributed by atoms with E-state index in [0.717, 1.165) is 55.5 Å². The van der Waals surface area contributed by atoms with Crippen LogP contribution in [0.5, 0.6) is 5.75 Å². The van der Waals surface area contributed by atoms with Crippen LogP contribution >= 0.6 is 0 Å². The Hall–Kier alpha value is -2.79. The summed E-state index contributed by atoms with van der Waals surface area (Å²) in [6.07, 6.45) is 5.09. The molecule has 0 radical (unpaired) electrons. The van der Waals surface area contributed by atoms with Gasteiger partial charge in [0.05, 0.1) is 29.9 Å². The average Bonchev–Trinajstić information content (AvgIpc) is 3.59. The molecule has 0 spiro atoms. The molecule has 1 saturated heterocycles. The number of rotatable bonds is 6. The van der Waals surface area contributed by atoms with Gasteiger partial charge in [-0.3, -0.25) is 9.59 Å². The largest absolute Gasteiger partial charge is 0.495 e. The zero-order valence-electron chi connectivity index (χ0n) is 20.6. The molecule has 1 aromatic rings. The predicted octanol–water partition coefficient (Wildman–Crippen LogP) is 2.52. The Morgan fingerprint density at radius 1 is 1.15 bits per heavy atom. The number of nitrogens with two attached hydrogens (primary N) is 1. The van der Waals surface area contributed by atoms with Crippen molar-refractivity contribution in [1.82, 2.24) is 10.2 Å². The van der Waals surface area contributed by atoms with Gasteiger partial charge in [0.1, 0.15) is 5.75 Å². The van der Waals surface area contributed by atoms with Crippen molar-refractivity contribution in [2.24, 2.45) is 17.6 Å². The van der Waals surface area contributed by atoms with Gasteiger partial charge in [0.25, 0.3) is 0 Å². The lowest BCUT2D eigenvalue weighted by molar-refractivity contribution is -0.144. The summed E-state index contributed by atoms with van der Waals surface area (Å²) < 4.78 is 5.65. The van der Waals surface area contributed by atoms with Crippen LogP contribution in [-0.2, 0) is 15.0 Å². The molecule has 1 heterocycles. The zero-order chi connectivity index (χ0) is 24.5. The molecule has 34 heavy (non-hydrogen) atoms. The Morgan fingerprint density at radius 2 is 1.79 bits per heavy atom. The average molecular weight is 468 g/mol. The Bertz CT molecular complexity index is 973. The summed E-state index contributed by atoms with van der Waals surface area (Å²) in [4.78, 5) is 30.5. The van der Waals surface area contributed by atoms with Crippen molar-refractivity contribution in [3.63, 3.8) is 0 Å². The standard InChI is InChI=1S/C26H37N5O3/c1-25(2,17-27)18-8-9-21(22(16-18)34-3)30-12-14-31(15-13-30)24(33)20-7-5-4-6-19(20)23(32)29-26(28)10-11-26/h8-9,16,19-20H,4-7,10-15,28H2,1-3H3,(H,29,32)/t19?,20-/m1/s1. The minimum atomic E-state index is -0.594. The van der Waals surface area contributed by atoms with Crippen LogP contribution in [0.3, 0.4) is 0 Å². The second-order valence-corrected chi connectivity index (χ2v) is 10.6. The fourth-order valence-electron chi connectivity index (χ4n) is 5.13. The molecule has 2 aliphatic carbocycles. The van der Waals surface area contributed by atoms with E-state index in [0.29, 0.717) is 26.2 Å². The van der Waals surface area contributed by atoms with Crippen molar-refractivity contribution in [2.45, 2.75) is 63.5 Å². The molecule has 1 aliphatic heterocycles. The fraction of sp³-hybridized carbons (Fsp3) is 0.654. The minimum absolute atomic E-state index is 0.0539. The Labute approximate surface area is 202 Å². The maximum absolute atomic E-state index is 13.4. The number of nitrogens with one attached hydrogen (secondary N) is 1. The third-order valence-corrected chi connectivity index (χ3v) is 7.69. The second kappa shape index (κ2) is 9.46. The lowest BCUT2D eigenvalue weighted by Gasteiger charge is -2.40. The topological polar surface area (TPSA) is 112 Å². The number of amides is 2. The van der Waals surface area contributed by atoms with Gasteiger partial charge < -0.3 is 25.6 Å². The molecular weight excluding hydrogens is 430 g/mol. The number of methoxy groups -OCH3 is 1. The van der Waals surface area contributed by atoms with Crippen molar-refractivity contribution in [3.05, 3.63) is 23.8 Å². The summed E-state index contributed by atoms with van der Waals surface area (Å²) in [7, 11) is 1.64. The molecule has 3 fully saturated rings.